The zero-order chi connectivity index (χ0) is 20.8. The summed E-state index contributed by atoms with van der Waals surface area (Å²) in [7, 11) is 0. The third-order valence-electron chi connectivity index (χ3n) is 5.13. The fourth-order valence-electron chi connectivity index (χ4n) is 3.68. The van der Waals surface area contributed by atoms with E-state index < -0.39 is 6.09 Å². The first-order valence-electron chi connectivity index (χ1n) is 9.88. The molecule has 0 saturated heterocycles. The van der Waals surface area contributed by atoms with Crippen LogP contribution in [0.15, 0.2) is 72.9 Å². The van der Waals surface area contributed by atoms with Crippen molar-refractivity contribution in [2.75, 3.05) is 13.2 Å². The van der Waals surface area contributed by atoms with Crippen molar-refractivity contribution in [3.63, 3.8) is 0 Å². The maximum absolute atomic E-state index is 12.1. The first kappa shape index (κ1) is 19.4. The van der Waals surface area contributed by atoms with Crippen LogP contribution in [-0.4, -0.2) is 24.2 Å². The lowest BCUT2D eigenvalue weighted by Crippen LogP contribution is -2.26. The fourth-order valence-corrected chi connectivity index (χ4v) is 3.68. The Morgan fingerprint density at radius 2 is 1.77 bits per heavy atom. The van der Waals surface area contributed by atoms with Gasteiger partial charge >= 0.3 is 6.09 Å². The van der Waals surface area contributed by atoms with Gasteiger partial charge in [-0.3, -0.25) is 4.98 Å². The third-order valence-corrected chi connectivity index (χ3v) is 5.13. The normalized spacial score (nSPS) is 12.2. The zero-order valence-corrected chi connectivity index (χ0v) is 16.4. The molecule has 0 atom stereocenters. The van der Waals surface area contributed by atoms with E-state index in [1.807, 2.05) is 42.5 Å². The van der Waals surface area contributed by atoms with E-state index >= 15 is 0 Å². The minimum absolute atomic E-state index is 0.0607. The summed E-state index contributed by atoms with van der Waals surface area (Å²) in [5.74, 6) is 0.0607. The van der Waals surface area contributed by atoms with Gasteiger partial charge in [-0.2, -0.15) is 5.26 Å². The second-order valence-electron chi connectivity index (χ2n) is 7.03. The Morgan fingerprint density at radius 3 is 2.40 bits per heavy atom. The van der Waals surface area contributed by atoms with E-state index in [0.29, 0.717) is 25.1 Å². The van der Waals surface area contributed by atoms with Crippen LogP contribution in [0.25, 0.3) is 17.2 Å². The van der Waals surface area contributed by atoms with E-state index in [9.17, 15) is 4.79 Å². The van der Waals surface area contributed by atoms with E-state index in [1.54, 1.807) is 12.1 Å². The molecule has 148 valence electrons. The third kappa shape index (κ3) is 4.23. The summed E-state index contributed by atoms with van der Waals surface area (Å²) >= 11 is 0. The van der Waals surface area contributed by atoms with Gasteiger partial charge in [0.25, 0.3) is 0 Å². The molecule has 0 radical (unpaired) electrons. The predicted molar refractivity (Wildman–Crippen MR) is 116 cm³/mol. The number of hydrogen-bond acceptors (Lipinski definition) is 4. The highest BCUT2D eigenvalue weighted by Crippen LogP contribution is 2.44. The van der Waals surface area contributed by atoms with Crippen LogP contribution in [0.1, 0.15) is 34.7 Å². The van der Waals surface area contributed by atoms with Gasteiger partial charge in [0.1, 0.15) is 12.7 Å². The molecule has 1 heterocycles. The Balaban J connectivity index is 1.26. The molecule has 5 heteroatoms. The molecule has 2 aromatic carbocycles. The van der Waals surface area contributed by atoms with Crippen molar-refractivity contribution < 1.29 is 9.53 Å². The Kier molecular flexibility index (Phi) is 5.86. The van der Waals surface area contributed by atoms with Crippen LogP contribution >= 0.6 is 0 Å². The molecule has 30 heavy (non-hydrogen) atoms. The van der Waals surface area contributed by atoms with E-state index in [0.717, 1.165) is 5.69 Å². The van der Waals surface area contributed by atoms with Crippen LogP contribution in [0.2, 0.25) is 0 Å². The van der Waals surface area contributed by atoms with E-state index in [2.05, 4.69) is 34.6 Å². The molecular formula is C25H21N3O2. The van der Waals surface area contributed by atoms with Gasteiger partial charge in [-0.15, -0.1) is 0 Å². The number of rotatable bonds is 6. The van der Waals surface area contributed by atoms with Crippen molar-refractivity contribution >= 4 is 12.2 Å². The highest BCUT2D eigenvalue weighted by Gasteiger charge is 2.28. The van der Waals surface area contributed by atoms with Crippen molar-refractivity contribution in [2.24, 2.45) is 0 Å². The summed E-state index contributed by atoms with van der Waals surface area (Å²) in [6.07, 6.45) is 5.57. The maximum Gasteiger partial charge on any atom is 0.407 e. The van der Waals surface area contributed by atoms with E-state index in [4.69, 9.17) is 10.00 Å². The average molecular weight is 395 g/mol. The van der Waals surface area contributed by atoms with Crippen molar-refractivity contribution in [1.29, 1.82) is 5.26 Å². The summed E-state index contributed by atoms with van der Waals surface area (Å²) in [6, 6.07) is 22.1. The SMILES string of the molecule is N#Cc1ccc(C=CCCNC(=O)OCC2c3ccccc3-c3ccccc32)nc1. The summed E-state index contributed by atoms with van der Waals surface area (Å²) in [5, 5.41) is 11.6. The van der Waals surface area contributed by atoms with Gasteiger partial charge in [-0.05, 0) is 46.9 Å². The van der Waals surface area contributed by atoms with Crippen LogP contribution in [-0.2, 0) is 4.74 Å². The number of benzene rings is 2. The fraction of sp³-hybridized carbons (Fsp3) is 0.160. The number of nitrogens with zero attached hydrogens (tertiary/aromatic N) is 2. The van der Waals surface area contributed by atoms with Gasteiger partial charge in [0.05, 0.1) is 11.3 Å². The number of carbonyl (C=O) groups is 1. The quantitative estimate of drug-likeness (QED) is 0.603. The van der Waals surface area contributed by atoms with E-state index in [1.165, 1.54) is 28.5 Å². The lowest BCUT2D eigenvalue weighted by molar-refractivity contribution is 0.143. The summed E-state index contributed by atoms with van der Waals surface area (Å²) in [6.45, 7) is 0.786. The minimum atomic E-state index is -0.415. The predicted octanol–water partition coefficient (Wildman–Crippen LogP) is 4.90. The summed E-state index contributed by atoms with van der Waals surface area (Å²) < 4.78 is 5.51. The largest absolute Gasteiger partial charge is 0.449 e. The minimum Gasteiger partial charge on any atom is -0.449 e. The van der Waals surface area contributed by atoms with Crippen LogP contribution in [0.4, 0.5) is 4.79 Å². The van der Waals surface area contributed by atoms with E-state index in [-0.39, 0.29) is 5.92 Å². The molecular weight excluding hydrogens is 374 g/mol. The molecule has 0 bridgehead atoms. The molecule has 0 aliphatic heterocycles. The molecule has 1 aliphatic carbocycles. The van der Waals surface area contributed by atoms with Gasteiger partial charge in [-0.25, -0.2) is 4.79 Å². The molecule has 4 rings (SSSR count). The molecule has 1 amide bonds. The number of aromatic nitrogens is 1. The smallest absolute Gasteiger partial charge is 0.407 e. The number of fused-ring (bicyclic) bond motifs is 3. The Hall–Kier alpha value is -3.91. The monoisotopic (exact) mass is 395 g/mol. The number of carbonyl (C=O) groups excluding carboxylic acids is 1. The lowest BCUT2D eigenvalue weighted by Gasteiger charge is -2.14. The van der Waals surface area contributed by atoms with Crippen LogP contribution < -0.4 is 5.32 Å². The van der Waals surface area contributed by atoms with Gasteiger partial charge in [0.2, 0.25) is 0 Å². The van der Waals surface area contributed by atoms with Gasteiger partial charge in [-0.1, -0.05) is 54.6 Å². The van der Waals surface area contributed by atoms with Gasteiger partial charge in [0, 0.05) is 18.7 Å². The zero-order valence-electron chi connectivity index (χ0n) is 16.4. The first-order chi connectivity index (χ1) is 14.8. The van der Waals surface area contributed by atoms with Crippen LogP contribution in [0.5, 0.6) is 0 Å². The lowest BCUT2D eigenvalue weighted by atomic mass is 9.98. The molecule has 5 nitrogen and oxygen atoms in total. The van der Waals surface area contributed by atoms with Crippen molar-refractivity contribution in [3.8, 4) is 17.2 Å². The van der Waals surface area contributed by atoms with Crippen molar-refractivity contribution in [3.05, 3.63) is 95.3 Å². The van der Waals surface area contributed by atoms with Gasteiger partial charge < -0.3 is 10.1 Å². The summed E-state index contributed by atoms with van der Waals surface area (Å²) in [4.78, 5) is 16.3. The van der Waals surface area contributed by atoms with Gasteiger partial charge in [0.15, 0.2) is 0 Å². The molecule has 0 spiro atoms. The van der Waals surface area contributed by atoms with Crippen molar-refractivity contribution in [1.82, 2.24) is 10.3 Å². The molecule has 1 aromatic heterocycles. The Morgan fingerprint density at radius 1 is 1.07 bits per heavy atom. The summed E-state index contributed by atoms with van der Waals surface area (Å²) in [5.41, 5.74) is 6.13. The average Bonchev–Trinajstić information content (AvgIpc) is 3.12. The molecule has 0 unspecified atom stereocenters. The maximum atomic E-state index is 12.1. The standard InChI is InChI=1S/C25H21N3O2/c26-15-18-12-13-19(28-16-18)7-5-6-14-27-25(29)30-17-24-22-10-3-1-8-20(22)21-9-2-4-11-23(21)24/h1-5,7-13,16,24H,6,14,17H2,(H,27,29). The van der Waals surface area contributed by atoms with Crippen LogP contribution in [0, 0.1) is 11.3 Å². The van der Waals surface area contributed by atoms with Crippen LogP contribution in [0.3, 0.4) is 0 Å². The highest BCUT2D eigenvalue weighted by atomic mass is 16.5. The number of alkyl carbamates (subject to hydrolysis) is 1. The molecule has 3 aromatic rings. The number of hydrogen-bond donors (Lipinski definition) is 1. The van der Waals surface area contributed by atoms with Crippen molar-refractivity contribution in [2.45, 2.75) is 12.3 Å². The number of ether oxygens (including phenoxy) is 1. The number of nitriles is 1. The topological polar surface area (TPSA) is 75.0 Å². The number of pyridine rings is 1. The first-order valence-corrected chi connectivity index (χ1v) is 9.88. The highest BCUT2D eigenvalue weighted by molar-refractivity contribution is 5.79. The number of amides is 1. The number of nitrogens with one attached hydrogen (secondary N) is 1. The second kappa shape index (κ2) is 9.06. The Labute approximate surface area is 175 Å². The molecule has 0 fully saturated rings. The molecule has 1 N–H and O–H groups in total. The molecule has 1 aliphatic rings. The second-order valence-corrected chi connectivity index (χ2v) is 7.03. The Bertz CT molecular complexity index is 1070. The molecule has 0 saturated carbocycles.